The molecule has 17 heavy (non-hydrogen) atoms. The number of aromatic nitrogens is 1. The third-order valence-corrected chi connectivity index (χ3v) is 3.53. The smallest absolute Gasteiger partial charge is 0.178 e. The minimum Gasteiger partial charge on any atom is -0.293 e. The number of rotatable bonds is 4. The van der Waals surface area contributed by atoms with E-state index in [1.807, 2.05) is 12.1 Å². The second kappa shape index (κ2) is 5.23. The molecule has 0 spiro atoms. The first kappa shape index (κ1) is 12.0. The van der Waals surface area contributed by atoms with Gasteiger partial charge in [-0.3, -0.25) is 9.78 Å². The Kier molecular flexibility index (Phi) is 3.69. The maximum atomic E-state index is 11.9. The number of carbonyl (C=O) groups is 1. The fraction of sp³-hybridized carbons (Fsp3) is 0.286. The first-order valence-corrected chi connectivity index (χ1v) is 6.55. The molecule has 2 aromatic rings. The molecular weight excluding hydrogens is 230 g/mol. The SMILES string of the molecule is CC(C)c1ccc(CC(=O)c2cncs2)cc1. The maximum absolute atomic E-state index is 11.9. The topological polar surface area (TPSA) is 30.0 Å². The molecule has 0 aliphatic heterocycles. The van der Waals surface area contributed by atoms with Crippen LogP contribution in [0.2, 0.25) is 0 Å². The van der Waals surface area contributed by atoms with Crippen LogP contribution in [0.25, 0.3) is 0 Å². The molecular formula is C14H15NOS. The van der Waals surface area contributed by atoms with Crippen LogP contribution >= 0.6 is 11.3 Å². The average molecular weight is 245 g/mol. The molecule has 0 radical (unpaired) electrons. The first-order valence-electron chi connectivity index (χ1n) is 5.67. The van der Waals surface area contributed by atoms with Crippen molar-refractivity contribution in [2.75, 3.05) is 0 Å². The van der Waals surface area contributed by atoms with Gasteiger partial charge in [0.1, 0.15) is 0 Å². The summed E-state index contributed by atoms with van der Waals surface area (Å²) in [5, 5.41) is 0. The van der Waals surface area contributed by atoms with E-state index in [2.05, 4.69) is 31.0 Å². The summed E-state index contributed by atoms with van der Waals surface area (Å²) in [5.74, 6) is 0.672. The van der Waals surface area contributed by atoms with E-state index in [0.29, 0.717) is 12.3 Å². The van der Waals surface area contributed by atoms with Crippen LogP contribution in [-0.4, -0.2) is 10.8 Å². The van der Waals surface area contributed by atoms with Crippen LogP contribution in [0.15, 0.2) is 36.0 Å². The lowest BCUT2D eigenvalue weighted by atomic mass is 10.00. The Labute approximate surface area is 105 Å². The van der Waals surface area contributed by atoms with Gasteiger partial charge in [-0.2, -0.15) is 0 Å². The summed E-state index contributed by atoms with van der Waals surface area (Å²) in [6, 6.07) is 8.27. The van der Waals surface area contributed by atoms with Gasteiger partial charge in [0.2, 0.25) is 0 Å². The second-order valence-corrected chi connectivity index (χ2v) is 5.25. The van der Waals surface area contributed by atoms with Crippen LogP contribution in [-0.2, 0) is 6.42 Å². The van der Waals surface area contributed by atoms with Crippen LogP contribution in [0.5, 0.6) is 0 Å². The Balaban J connectivity index is 2.07. The molecule has 0 unspecified atom stereocenters. The van der Waals surface area contributed by atoms with Crippen molar-refractivity contribution in [2.45, 2.75) is 26.2 Å². The molecule has 0 saturated carbocycles. The fourth-order valence-electron chi connectivity index (χ4n) is 1.65. The minimum absolute atomic E-state index is 0.143. The fourth-order valence-corrected chi connectivity index (χ4v) is 2.21. The molecule has 0 aliphatic rings. The quantitative estimate of drug-likeness (QED) is 0.769. The molecule has 0 bridgehead atoms. The predicted octanol–water partition coefficient (Wildman–Crippen LogP) is 3.69. The zero-order valence-electron chi connectivity index (χ0n) is 10.0. The van der Waals surface area contributed by atoms with Gasteiger partial charge >= 0.3 is 0 Å². The maximum Gasteiger partial charge on any atom is 0.178 e. The van der Waals surface area contributed by atoms with Crippen LogP contribution in [0.4, 0.5) is 0 Å². The van der Waals surface area contributed by atoms with E-state index in [0.717, 1.165) is 10.4 Å². The molecule has 0 aliphatic carbocycles. The molecule has 0 amide bonds. The molecule has 0 saturated heterocycles. The van der Waals surface area contributed by atoms with Gasteiger partial charge in [0.15, 0.2) is 5.78 Å². The minimum atomic E-state index is 0.143. The van der Waals surface area contributed by atoms with E-state index < -0.39 is 0 Å². The standard InChI is InChI=1S/C14H15NOS/c1-10(2)12-5-3-11(4-6-12)7-13(16)14-8-15-9-17-14/h3-6,8-10H,7H2,1-2H3. The van der Waals surface area contributed by atoms with Crippen LogP contribution in [0.1, 0.15) is 40.6 Å². The summed E-state index contributed by atoms with van der Waals surface area (Å²) in [4.78, 5) is 16.5. The van der Waals surface area contributed by atoms with Crippen LogP contribution < -0.4 is 0 Å². The Morgan fingerprint density at radius 2 is 2.00 bits per heavy atom. The molecule has 88 valence electrons. The zero-order chi connectivity index (χ0) is 12.3. The summed E-state index contributed by atoms with van der Waals surface area (Å²) >= 11 is 1.40. The van der Waals surface area contributed by atoms with Crippen molar-refractivity contribution in [3.63, 3.8) is 0 Å². The normalized spacial score (nSPS) is 10.8. The molecule has 2 rings (SSSR count). The van der Waals surface area contributed by atoms with Crippen molar-refractivity contribution in [1.82, 2.24) is 4.98 Å². The summed E-state index contributed by atoms with van der Waals surface area (Å²) in [5.41, 5.74) is 4.06. The highest BCUT2D eigenvalue weighted by Crippen LogP contribution is 2.16. The molecule has 0 atom stereocenters. The van der Waals surface area contributed by atoms with Gasteiger partial charge in [-0.05, 0) is 17.0 Å². The summed E-state index contributed by atoms with van der Waals surface area (Å²) in [7, 11) is 0. The van der Waals surface area contributed by atoms with Crippen molar-refractivity contribution >= 4 is 17.1 Å². The van der Waals surface area contributed by atoms with Crippen molar-refractivity contribution < 1.29 is 4.79 Å². The lowest BCUT2D eigenvalue weighted by molar-refractivity contribution is 0.0996. The number of Topliss-reactive ketones (excluding diaryl/α,β-unsaturated/α-hetero) is 1. The number of hydrogen-bond acceptors (Lipinski definition) is 3. The predicted molar refractivity (Wildman–Crippen MR) is 70.7 cm³/mol. The molecule has 1 aromatic carbocycles. The monoisotopic (exact) mass is 245 g/mol. The van der Waals surface area contributed by atoms with Crippen molar-refractivity contribution in [3.8, 4) is 0 Å². The molecule has 1 heterocycles. The first-order chi connectivity index (χ1) is 8.16. The number of hydrogen-bond donors (Lipinski definition) is 0. The van der Waals surface area contributed by atoms with Gasteiger partial charge in [0, 0.05) is 12.6 Å². The van der Waals surface area contributed by atoms with E-state index in [1.165, 1.54) is 16.9 Å². The van der Waals surface area contributed by atoms with Gasteiger partial charge in [-0.1, -0.05) is 38.1 Å². The van der Waals surface area contributed by atoms with Crippen molar-refractivity contribution in [1.29, 1.82) is 0 Å². The lowest BCUT2D eigenvalue weighted by Crippen LogP contribution is -2.01. The summed E-state index contributed by atoms with van der Waals surface area (Å²) < 4.78 is 0. The van der Waals surface area contributed by atoms with E-state index in [4.69, 9.17) is 0 Å². The molecule has 0 N–H and O–H groups in total. The van der Waals surface area contributed by atoms with Gasteiger partial charge in [0.25, 0.3) is 0 Å². The molecule has 0 fully saturated rings. The third kappa shape index (κ3) is 3.01. The number of nitrogens with zero attached hydrogens (tertiary/aromatic N) is 1. The number of carbonyl (C=O) groups excluding carboxylic acids is 1. The zero-order valence-corrected chi connectivity index (χ0v) is 10.8. The Morgan fingerprint density at radius 3 is 2.53 bits per heavy atom. The molecule has 2 nitrogen and oxygen atoms in total. The Bertz CT molecular complexity index is 485. The van der Waals surface area contributed by atoms with Gasteiger partial charge in [0.05, 0.1) is 10.4 Å². The van der Waals surface area contributed by atoms with Crippen molar-refractivity contribution in [3.05, 3.63) is 52.0 Å². The molecule has 1 aromatic heterocycles. The number of benzene rings is 1. The van der Waals surface area contributed by atoms with Gasteiger partial charge in [-0.15, -0.1) is 11.3 Å². The van der Waals surface area contributed by atoms with Crippen molar-refractivity contribution in [2.24, 2.45) is 0 Å². The third-order valence-electron chi connectivity index (χ3n) is 2.72. The van der Waals surface area contributed by atoms with E-state index in [1.54, 1.807) is 11.7 Å². The van der Waals surface area contributed by atoms with Gasteiger partial charge < -0.3 is 0 Å². The average Bonchev–Trinajstić information content (AvgIpc) is 2.83. The van der Waals surface area contributed by atoms with E-state index in [-0.39, 0.29) is 5.78 Å². The van der Waals surface area contributed by atoms with E-state index >= 15 is 0 Å². The summed E-state index contributed by atoms with van der Waals surface area (Å²) in [6.45, 7) is 4.33. The Hall–Kier alpha value is -1.48. The van der Waals surface area contributed by atoms with E-state index in [9.17, 15) is 4.79 Å². The number of ketones is 1. The lowest BCUT2D eigenvalue weighted by Gasteiger charge is -2.06. The second-order valence-electron chi connectivity index (χ2n) is 4.36. The number of thiazole rings is 1. The largest absolute Gasteiger partial charge is 0.293 e. The highest BCUT2D eigenvalue weighted by molar-refractivity contribution is 7.11. The van der Waals surface area contributed by atoms with Crippen LogP contribution in [0, 0.1) is 0 Å². The van der Waals surface area contributed by atoms with Gasteiger partial charge in [-0.25, -0.2) is 0 Å². The molecule has 3 heteroatoms. The highest BCUT2D eigenvalue weighted by Gasteiger charge is 2.08. The Morgan fingerprint density at radius 1 is 1.29 bits per heavy atom. The highest BCUT2D eigenvalue weighted by atomic mass is 32.1. The van der Waals surface area contributed by atoms with Crippen LogP contribution in [0.3, 0.4) is 0 Å². The summed E-state index contributed by atoms with van der Waals surface area (Å²) in [6.07, 6.45) is 2.09.